The topological polar surface area (TPSA) is 89.9 Å². The number of hydrogen-bond acceptors (Lipinski definition) is 9. The molecule has 0 saturated heterocycles. The van der Waals surface area contributed by atoms with Gasteiger partial charge in [-0.25, -0.2) is 0 Å². The highest BCUT2D eigenvalue weighted by molar-refractivity contribution is 8.00. The summed E-state index contributed by atoms with van der Waals surface area (Å²) in [6.45, 7) is 24.2. The Morgan fingerprint density at radius 1 is 0.614 bits per heavy atom. The van der Waals surface area contributed by atoms with Gasteiger partial charge < -0.3 is 9.47 Å². The zero-order chi connectivity index (χ0) is 50.4. The summed E-state index contributed by atoms with van der Waals surface area (Å²) in [6.07, 6.45) is 29.0. The first kappa shape index (κ1) is 56.1. The Hall–Kier alpha value is -3.16. The molecule has 3 aromatic heterocycles. The van der Waals surface area contributed by atoms with Crippen molar-refractivity contribution in [2.75, 3.05) is 13.2 Å². The second-order valence-corrected chi connectivity index (χ2v) is 26.6. The van der Waals surface area contributed by atoms with E-state index in [9.17, 15) is 16.1 Å². The fraction of sp³-hybridized carbons (Fsp3) is 0.623. The number of nitrogens with one attached hydrogen (secondary N) is 2. The first-order valence-electron chi connectivity index (χ1n) is 27.5. The van der Waals surface area contributed by atoms with Crippen LogP contribution in [0.25, 0.3) is 21.2 Å². The van der Waals surface area contributed by atoms with Crippen molar-refractivity contribution in [2.45, 2.75) is 238 Å². The van der Waals surface area contributed by atoms with Crippen molar-refractivity contribution in [1.82, 2.24) is 0 Å². The lowest BCUT2D eigenvalue weighted by Crippen LogP contribution is -2.20. The average Bonchev–Trinajstić information content (AvgIpc) is 4.15. The molecule has 1 aromatic carbocycles. The molecule has 0 radical (unpaired) electrons. The predicted molar refractivity (Wildman–Crippen MR) is 310 cm³/mol. The van der Waals surface area contributed by atoms with Crippen LogP contribution in [0.1, 0.15) is 244 Å². The molecule has 5 nitrogen and oxygen atoms in total. The molecule has 2 N–H and O–H groups in total. The molecule has 4 heterocycles. The molecule has 2 aliphatic rings. The molecule has 0 fully saturated rings. The van der Waals surface area contributed by atoms with Gasteiger partial charge in [0.1, 0.15) is 11.5 Å². The lowest BCUT2D eigenvalue weighted by Gasteiger charge is -2.19. The van der Waals surface area contributed by atoms with Crippen molar-refractivity contribution in [3.8, 4) is 17.6 Å². The molecule has 0 amide bonds. The van der Waals surface area contributed by atoms with Crippen LogP contribution in [0.15, 0.2) is 34.7 Å². The smallest absolute Gasteiger partial charge is 0.142 e. The maximum atomic E-state index is 10.8. The zero-order valence-corrected chi connectivity index (χ0v) is 48.2. The van der Waals surface area contributed by atoms with Gasteiger partial charge in [-0.3, -0.25) is 10.8 Å². The lowest BCUT2D eigenvalue weighted by atomic mass is 9.86. The first-order chi connectivity index (χ1) is 33.7. The van der Waals surface area contributed by atoms with E-state index in [1.165, 1.54) is 149 Å². The largest absolute Gasteiger partial charge is 0.492 e. The van der Waals surface area contributed by atoms with Crippen molar-refractivity contribution in [2.24, 2.45) is 0 Å². The van der Waals surface area contributed by atoms with Crippen molar-refractivity contribution in [3.05, 3.63) is 70.9 Å². The molecule has 70 heavy (non-hydrogen) atoms. The number of unbranched alkanes of at least 4 members (excludes halogenated alkanes) is 16. The predicted octanol–water partition coefficient (Wildman–Crippen LogP) is 20.1. The number of hydrogen-bond donors (Lipinski definition) is 2. The highest BCUT2D eigenvalue weighted by Gasteiger charge is 2.37. The van der Waals surface area contributed by atoms with E-state index in [0.29, 0.717) is 23.3 Å². The summed E-state index contributed by atoms with van der Waals surface area (Å²) in [7, 11) is 0. The summed E-state index contributed by atoms with van der Waals surface area (Å²) < 4.78 is 15.3. The van der Waals surface area contributed by atoms with E-state index in [1.807, 2.05) is 29.2 Å². The Labute approximate surface area is 440 Å². The Morgan fingerprint density at radius 3 is 1.73 bits per heavy atom. The molecule has 1 atom stereocenters. The average molecular weight is 1020 g/mol. The van der Waals surface area contributed by atoms with E-state index in [2.05, 4.69) is 93.5 Å². The summed E-state index contributed by atoms with van der Waals surface area (Å²) in [4.78, 5) is 7.21. The van der Waals surface area contributed by atoms with Gasteiger partial charge in [-0.05, 0) is 91.2 Å². The molecule has 9 heteroatoms. The van der Waals surface area contributed by atoms with Crippen LogP contribution in [-0.2, 0) is 30.1 Å². The van der Waals surface area contributed by atoms with Crippen LogP contribution in [-0.4, -0.2) is 24.6 Å². The molecular formula is C61H87N3O2S4. The summed E-state index contributed by atoms with van der Waals surface area (Å²) in [5.74, 6) is 2.11. The van der Waals surface area contributed by atoms with Crippen LogP contribution in [0.3, 0.4) is 0 Å². The highest BCUT2D eigenvalue weighted by Crippen LogP contribution is 2.60. The Morgan fingerprint density at radius 2 is 1.16 bits per heavy atom. The number of aryl methyl sites for hydroxylation is 2. The van der Waals surface area contributed by atoms with Crippen LogP contribution >= 0.6 is 45.8 Å². The summed E-state index contributed by atoms with van der Waals surface area (Å²) in [5.41, 5.74) is 6.09. The third-order valence-corrected chi connectivity index (χ3v) is 20.0. The number of benzene rings is 1. The molecule has 0 saturated carbocycles. The second-order valence-electron chi connectivity index (χ2n) is 22.2. The summed E-state index contributed by atoms with van der Waals surface area (Å²) in [5, 5.41) is 31.4. The number of thioether (sulfide) groups is 1. The van der Waals surface area contributed by atoms with Crippen LogP contribution in [0, 0.1) is 22.1 Å². The standard InChI is InChI=1S/C61H87N3O2S4/c1-11-15-19-23-25-29-33-65-54-45-38-49(68-57(45)55(66-34-30-26-24-20-16-12-2)46-39-50(60(5,6)7)70-58(46)54)56-41(31-27-21-17-13-3)36-47(67-56)44-35-43(40-62)51(53(64)52(44)63)48-37-42(32-28-22-18-14-4)59(69-48)61(8,9)10/h35-37,39,49,63-64H,11-34,38H2,1-10H3. The van der Waals surface area contributed by atoms with Crippen LogP contribution in [0.2, 0.25) is 0 Å². The number of fused-ring (bicyclic) bond motifs is 2. The lowest BCUT2D eigenvalue weighted by molar-refractivity contribution is 0.294. The fourth-order valence-corrected chi connectivity index (χ4v) is 15.4. The minimum Gasteiger partial charge on any atom is -0.492 e. The van der Waals surface area contributed by atoms with Gasteiger partial charge in [-0.1, -0.05) is 172 Å². The van der Waals surface area contributed by atoms with E-state index in [1.54, 1.807) is 22.7 Å². The summed E-state index contributed by atoms with van der Waals surface area (Å²) >= 11 is 7.36. The quantitative estimate of drug-likeness (QED) is 0.0419. The molecule has 382 valence electrons. The van der Waals surface area contributed by atoms with Crippen molar-refractivity contribution in [3.63, 3.8) is 0 Å². The normalized spacial score (nSPS) is 15.3. The van der Waals surface area contributed by atoms with Crippen molar-refractivity contribution in [1.29, 1.82) is 16.1 Å². The molecular weight excluding hydrogens is 935 g/mol. The summed E-state index contributed by atoms with van der Waals surface area (Å²) in [6, 6.07) is 9.48. The van der Waals surface area contributed by atoms with E-state index < -0.39 is 0 Å². The van der Waals surface area contributed by atoms with E-state index in [4.69, 9.17) is 9.47 Å². The minimum absolute atomic E-state index is 0.00610. The SMILES string of the molecule is CCCCCCCCOc1c2c(c(OCCCCCCCC)c3sc(C(C)(C)C)cc13)CC(c1sc(C3=CC(C#N)=C(c4cc(CCCCCC)c(C(C)(C)C)s4)C(=N)C3=N)cc1CCCCCC)S2. The second kappa shape index (κ2) is 26.7. The van der Waals surface area contributed by atoms with Gasteiger partial charge in [-0.15, -0.1) is 45.8 Å². The first-order valence-corrected chi connectivity index (χ1v) is 30.8. The van der Waals surface area contributed by atoms with E-state index >= 15 is 0 Å². The molecule has 6 rings (SSSR count). The number of allylic oxidation sites excluding steroid dienone is 4. The van der Waals surface area contributed by atoms with Gasteiger partial charge in [0.2, 0.25) is 0 Å². The number of ether oxygens (including phenoxy) is 2. The van der Waals surface area contributed by atoms with Crippen LogP contribution in [0.4, 0.5) is 0 Å². The number of rotatable bonds is 29. The molecule has 1 aliphatic heterocycles. The van der Waals surface area contributed by atoms with Gasteiger partial charge in [0.25, 0.3) is 0 Å². The molecule has 0 bridgehead atoms. The van der Waals surface area contributed by atoms with Gasteiger partial charge in [0.05, 0.1) is 45.9 Å². The van der Waals surface area contributed by atoms with Gasteiger partial charge in [0.15, 0.2) is 0 Å². The number of nitriles is 1. The third kappa shape index (κ3) is 14.1. The maximum absolute atomic E-state index is 10.8. The third-order valence-electron chi connectivity index (χ3n) is 14.0. The number of thiophene rings is 3. The molecule has 1 unspecified atom stereocenters. The Balaban J connectivity index is 1.40. The van der Waals surface area contributed by atoms with Gasteiger partial charge in [0, 0.05) is 51.7 Å². The van der Waals surface area contributed by atoms with Crippen molar-refractivity contribution >= 4 is 78.4 Å². The fourth-order valence-electron chi connectivity index (χ4n) is 9.95. The van der Waals surface area contributed by atoms with Crippen molar-refractivity contribution < 1.29 is 9.47 Å². The maximum Gasteiger partial charge on any atom is 0.142 e. The Bertz CT molecular complexity index is 2430. The monoisotopic (exact) mass is 1020 g/mol. The van der Waals surface area contributed by atoms with E-state index in [-0.39, 0.29) is 27.5 Å². The van der Waals surface area contributed by atoms with E-state index in [0.717, 1.165) is 72.8 Å². The zero-order valence-electron chi connectivity index (χ0n) is 45.0. The van der Waals surface area contributed by atoms with Gasteiger partial charge >= 0.3 is 0 Å². The van der Waals surface area contributed by atoms with Gasteiger partial charge in [-0.2, -0.15) is 5.26 Å². The highest BCUT2D eigenvalue weighted by atomic mass is 32.2. The van der Waals surface area contributed by atoms with Crippen LogP contribution in [0.5, 0.6) is 11.5 Å². The number of nitrogens with zero attached hydrogens (tertiary/aromatic N) is 1. The molecule has 4 aromatic rings. The molecule has 1 aliphatic carbocycles. The molecule has 0 spiro atoms. The Kier molecular flexibility index (Phi) is 21.4. The minimum atomic E-state index is -0.0485. The van der Waals surface area contributed by atoms with Crippen LogP contribution < -0.4 is 9.47 Å².